The largest absolute Gasteiger partial charge is 0.358 e. The molecule has 2 N–H and O–H groups in total. The fraction of sp³-hybridized carbons (Fsp3) is 0.0556. The zero-order chi connectivity index (χ0) is 15.4. The molecule has 0 aromatic heterocycles. The number of nitrogens with one attached hydrogen (secondary N) is 2. The molecule has 0 saturated carbocycles. The van der Waals surface area contributed by atoms with E-state index in [4.69, 9.17) is 12.2 Å². The van der Waals surface area contributed by atoms with Crippen LogP contribution >= 0.6 is 12.2 Å². The molecule has 110 valence electrons. The molecular formula is C18H15FN2S. The van der Waals surface area contributed by atoms with E-state index in [-0.39, 0.29) is 5.82 Å². The maximum atomic E-state index is 12.8. The zero-order valence-corrected chi connectivity index (χ0v) is 12.7. The first-order valence-corrected chi connectivity index (χ1v) is 7.40. The van der Waals surface area contributed by atoms with Crippen molar-refractivity contribution in [1.82, 2.24) is 5.32 Å². The third-order valence-electron chi connectivity index (χ3n) is 3.37. The second kappa shape index (κ2) is 6.54. The van der Waals surface area contributed by atoms with Gasteiger partial charge in [0.15, 0.2) is 5.11 Å². The molecule has 0 saturated heterocycles. The normalized spacial score (nSPS) is 10.4. The van der Waals surface area contributed by atoms with E-state index >= 15 is 0 Å². The quantitative estimate of drug-likeness (QED) is 0.698. The highest BCUT2D eigenvalue weighted by Crippen LogP contribution is 2.15. The number of fused-ring (bicyclic) bond motifs is 1. The standard InChI is InChI=1S/C18H15FN2S/c19-16-7-9-17(10-8-16)21-18(22)20-12-13-5-6-14-3-1-2-4-15(14)11-13/h1-11H,12H2,(H2,20,21,22). The second-order valence-corrected chi connectivity index (χ2v) is 5.40. The molecular weight excluding hydrogens is 295 g/mol. The van der Waals surface area contributed by atoms with Crippen LogP contribution in [0.15, 0.2) is 66.7 Å². The molecule has 0 aliphatic rings. The summed E-state index contributed by atoms with van der Waals surface area (Å²) in [6, 6.07) is 20.7. The summed E-state index contributed by atoms with van der Waals surface area (Å²) in [7, 11) is 0. The van der Waals surface area contributed by atoms with Crippen molar-refractivity contribution < 1.29 is 4.39 Å². The van der Waals surface area contributed by atoms with Crippen LogP contribution in [-0.2, 0) is 6.54 Å². The van der Waals surface area contributed by atoms with Gasteiger partial charge in [0, 0.05) is 12.2 Å². The van der Waals surface area contributed by atoms with Gasteiger partial charge in [-0.05, 0) is 58.9 Å². The van der Waals surface area contributed by atoms with E-state index in [1.807, 2.05) is 12.1 Å². The molecule has 0 aliphatic heterocycles. The van der Waals surface area contributed by atoms with Crippen molar-refractivity contribution in [3.8, 4) is 0 Å². The summed E-state index contributed by atoms with van der Waals surface area (Å²) in [4.78, 5) is 0. The minimum absolute atomic E-state index is 0.263. The van der Waals surface area contributed by atoms with Gasteiger partial charge in [-0.1, -0.05) is 36.4 Å². The Hall–Kier alpha value is -2.46. The molecule has 3 rings (SSSR count). The van der Waals surface area contributed by atoms with Gasteiger partial charge in [0.25, 0.3) is 0 Å². The Kier molecular flexibility index (Phi) is 4.30. The Morgan fingerprint density at radius 3 is 2.41 bits per heavy atom. The van der Waals surface area contributed by atoms with Gasteiger partial charge in [-0.3, -0.25) is 0 Å². The highest BCUT2D eigenvalue weighted by molar-refractivity contribution is 7.80. The lowest BCUT2D eigenvalue weighted by Gasteiger charge is -2.11. The monoisotopic (exact) mass is 310 g/mol. The fourth-order valence-corrected chi connectivity index (χ4v) is 2.43. The lowest BCUT2D eigenvalue weighted by atomic mass is 10.1. The number of halogens is 1. The van der Waals surface area contributed by atoms with Gasteiger partial charge in [0.05, 0.1) is 0 Å². The molecule has 0 aliphatic carbocycles. The Balaban J connectivity index is 1.60. The summed E-state index contributed by atoms with van der Waals surface area (Å²) in [6.45, 7) is 0.637. The molecule has 3 aromatic carbocycles. The van der Waals surface area contributed by atoms with Crippen molar-refractivity contribution >= 4 is 33.8 Å². The number of anilines is 1. The van der Waals surface area contributed by atoms with Crippen LogP contribution in [-0.4, -0.2) is 5.11 Å². The summed E-state index contributed by atoms with van der Waals surface area (Å²) < 4.78 is 12.8. The van der Waals surface area contributed by atoms with Gasteiger partial charge in [0.1, 0.15) is 5.82 Å². The maximum Gasteiger partial charge on any atom is 0.171 e. The highest BCUT2D eigenvalue weighted by Gasteiger charge is 2.00. The average molecular weight is 310 g/mol. The van der Waals surface area contributed by atoms with E-state index < -0.39 is 0 Å². The zero-order valence-electron chi connectivity index (χ0n) is 11.8. The molecule has 22 heavy (non-hydrogen) atoms. The van der Waals surface area contributed by atoms with E-state index in [1.165, 1.54) is 22.9 Å². The SMILES string of the molecule is Fc1ccc(NC(=S)NCc2ccc3ccccc3c2)cc1. The van der Waals surface area contributed by atoms with Crippen molar-refractivity contribution in [3.05, 3.63) is 78.1 Å². The van der Waals surface area contributed by atoms with Crippen LogP contribution in [0, 0.1) is 5.82 Å². The first-order chi connectivity index (χ1) is 10.7. The number of benzene rings is 3. The molecule has 3 aromatic rings. The highest BCUT2D eigenvalue weighted by atomic mass is 32.1. The molecule has 0 atom stereocenters. The molecule has 0 fully saturated rings. The first-order valence-electron chi connectivity index (χ1n) is 6.99. The molecule has 0 spiro atoms. The van der Waals surface area contributed by atoms with Gasteiger partial charge in [-0.15, -0.1) is 0 Å². The summed E-state index contributed by atoms with van der Waals surface area (Å²) in [6.07, 6.45) is 0. The predicted octanol–water partition coefficient (Wildman–Crippen LogP) is 4.47. The molecule has 4 heteroatoms. The topological polar surface area (TPSA) is 24.1 Å². The van der Waals surface area contributed by atoms with Gasteiger partial charge in [-0.2, -0.15) is 0 Å². The molecule has 0 unspecified atom stereocenters. The Bertz CT molecular complexity index is 800. The summed E-state index contributed by atoms with van der Waals surface area (Å²) in [5.41, 5.74) is 1.92. The average Bonchev–Trinajstić information content (AvgIpc) is 2.55. The predicted molar refractivity (Wildman–Crippen MR) is 93.4 cm³/mol. The Morgan fingerprint density at radius 1 is 0.909 bits per heavy atom. The van der Waals surface area contributed by atoms with Crippen LogP contribution in [0.2, 0.25) is 0 Å². The second-order valence-electron chi connectivity index (χ2n) is 5.00. The van der Waals surface area contributed by atoms with E-state index in [0.717, 1.165) is 11.3 Å². The molecule has 0 radical (unpaired) electrons. The Labute approximate surface area is 134 Å². The van der Waals surface area contributed by atoms with E-state index in [0.29, 0.717) is 11.7 Å². The van der Waals surface area contributed by atoms with Crippen molar-refractivity contribution in [2.75, 3.05) is 5.32 Å². The first kappa shape index (κ1) is 14.5. The number of hydrogen-bond acceptors (Lipinski definition) is 1. The molecule has 0 amide bonds. The van der Waals surface area contributed by atoms with Crippen LogP contribution in [0.4, 0.5) is 10.1 Å². The van der Waals surface area contributed by atoms with Crippen LogP contribution in [0.25, 0.3) is 10.8 Å². The third kappa shape index (κ3) is 3.59. The van der Waals surface area contributed by atoms with Crippen LogP contribution in [0.5, 0.6) is 0 Å². The molecule has 0 bridgehead atoms. The fourth-order valence-electron chi connectivity index (χ4n) is 2.24. The summed E-state index contributed by atoms with van der Waals surface area (Å²) in [5.74, 6) is -0.263. The van der Waals surface area contributed by atoms with Gasteiger partial charge in [0.2, 0.25) is 0 Å². The minimum Gasteiger partial charge on any atom is -0.358 e. The minimum atomic E-state index is -0.263. The van der Waals surface area contributed by atoms with Crippen molar-refractivity contribution in [2.45, 2.75) is 6.54 Å². The number of rotatable bonds is 3. The molecule has 0 heterocycles. The number of thiocarbonyl (C=S) groups is 1. The van der Waals surface area contributed by atoms with Crippen molar-refractivity contribution in [3.63, 3.8) is 0 Å². The van der Waals surface area contributed by atoms with Gasteiger partial charge >= 0.3 is 0 Å². The lowest BCUT2D eigenvalue weighted by Crippen LogP contribution is -2.27. The number of hydrogen-bond donors (Lipinski definition) is 2. The van der Waals surface area contributed by atoms with Crippen molar-refractivity contribution in [2.24, 2.45) is 0 Å². The van der Waals surface area contributed by atoms with Crippen LogP contribution < -0.4 is 10.6 Å². The Morgan fingerprint density at radius 2 is 1.64 bits per heavy atom. The lowest BCUT2D eigenvalue weighted by molar-refractivity contribution is 0.628. The van der Waals surface area contributed by atoms with Crippen molar-refractivity contribution in [1.29, 1.82) is 0 Å². The van der Waals surface area contributed by atoms with E-state index in [9.17, 15) is 4.39 Å². The van der Waals surface area contributed by atoms with E-state index in [2.05, 4.69) is 41.0 Å². The molecule has 2 nitrogen and oxygen atoms in total. The van der Waals surface area contributed by atoms with Crippen LogP contribution in [0.3, 0.4) is 0 Å². The van der Waals surface area contributed by atoms with Gasteiger partial charge < -0.3 is 10.6 Å². The summed E-state index contributed by atoms with van der Waals surface area (Å²) >= 11 is 5.25. The summed E-state index contributed by atoms with van der Waals surface area (Å²) in [5, 5.41) is 9.13. The third-order valence-corrected chi connectivity index (χ3v) is 3.62. The smallest absolute Gasteiger partial charge is 0.171 e. The van der Waals surface area contributed by atoms with Gasteiger partial charge in [-0.25, -0.2) is 4.39 Å². The van der Waals surface area contributed by atoms with E-state index in [1.54, 1.807) is 12.1 Å². The maximum absolute atomic E-state index is 12.8. The van der Waals surface area contributed by atoms with Crippen LogP contribution in [0.1, 0.15) is 5.56 Å².